The Kier molecular flexibility index (Phi) is 8.36. The van der Waals surface area contributed by atoms with E-state index in [9.17, 15) is 0 Å². The summed E-state index contributed by atoms with van der Waals surface area (Å²) in [6.45, 7) is 18.1. The Morgan fingerprint density at radius 2 is 1.05 bits per heavy atom. The summed E-state index contributed by atoms with van der Waals surface area (Å²) in [5.41, 5.74) is 0.150. The molecule has 0 rings (SSSR count). The van der Waals surface area contributed by atoms with Crippen LogP contribution in [0.1, 0.15) is 41.5 Å². The zero-order chi connectivity index (χ0) is 15.2. The second-order valence-corrected chi connectivity index (χ2v) is 16.4. The normalized spacial score (nSPS) is 15.2. The molecule has 0 unspecified atom stereocenters. The predicted octanol–water partition coefficient (Wildman–Crippen LogP) is 3.33. The van der Waals surface area contributed by atoms with Crippen LogP contribution in [0.2, 0.25) is 37.3 Å². The largest absolute Gasteiger partial charge is 0.419 e. The van der Waals surface area contributed by atoms with Crippen molar-refractivity contribution in [3.05, 3.63) is 0 Å². The smallest absolute Gasteiger partial charge is 0.162 e. The number of rotatable bonds is 8. The van der Waals surface area contributed by atoms with E-state index >= 15 is 0 Å². The highest BCUT2D eigenvalue weighted by Crippen LogP contribution is 2.21. The van der Waals surface area contributed by atoms with Gasteiger partial charge >= 0.3 is 0 Å². The summed E-state index contributed by atoms with van der Waals surface area (Å²) in [6, 6.07) is 5.61. The van der Waals surface area contributed by atoms with E-state index in [1.54, 1.807) is 0 Å². The van der Waals surface area contributed by atoms with Crippen molar-refractivity contribution in [1.82, 2.24) is 0 Å². The Labute approximate surface area is 126 Å². The molecule has 0 radical (unpaired) electrons. The topological polar surface area (TPSA) is 18.5 Å². The molecule has 0 fully saturated rings. The Bertz CT molecular complexity index is 218. The number of hydrogen-bond donors (Lipinski definition) is 0. The van der Waals surface area contributed by atoms with Gasteiger partial charge in [-0.3, -0.25) is 0 Å². The van der Waals surface area contributed by atoms with Crippen LogP contribution in [0.15, 0.2) is 0 Å². The molecule has 0 aliphatic heterocycles. The highest BCUT2D eigenvalue weighted by atomic mass is 28.3. The molecule has 0 aromatic carbocycles. The quantitative estimate of drug-likeness (QED) is 0.504. The highest BCUT2D eigenvalue weighted by molar-refractivity contribution is 6.78. The first-order chi connectivity index (χ1) is 8.41. The fourth-order valence-corrected chi connectivity index (χ4v) is 12.6. The molecule has 0 saturated carbocycles. The Hall–Kier alpha value is 0.571. The van der Waals surface area contributed by atoms with Gasteiger partial charge in [-0.15, -0.1) is 0 Å². The van der Waals surface area contributed by atoms with Gasteiger partial charge in [0, 0.05) is 19.3 Å². The summed E-state index contributed by atoms with van der Waals surface area (Å²) in [5.74, 6) is 0. The molecule has 0 aliphatic rings. The zero-order valence-corrected chi connectivity index (χ0v) is 18.4. The standard InChI is InChI=1S/C14H36O2Si3/c1-13(2,3)15-17-9-11-19(7,8)12-10-18-16-14(4,5)6/h9-12,17-18H2,1-8H3. The van der Waals surface area contributed by atoms with E-state index in [-0.39, 0.29) is 30.7 Å². The lowest BCUT2D eigenvalue weighted by molar-refractivity contribution is 0.138. The Morgan fingerprint density at radius 3 is 1.32 bits per heavy atom. The minimum atomic E-state index is -0.987. The molecular formula is C14H36O2Si3. The summed E-state index contributed by atoms with van der Waals surface area (Å²) in [5, 5.41) is 0. The summed E-state index contributed by atoms with van der Waals surface area (Å²) in [7, 11) is -1.60. The third-order valence-electron chi connectivity index (χ3n) is 3.07. The van der Waals surface area contributed by atoms with Crippen molar-refractivity contribution in [1.29, 1.82) is 0 Å². The molecule has 0 bridgehead atoms. The van der Waals surface area contributed by atoms with Crippen molar-refractivity contribution in [2.45, 2.75) is 90.0 Å². The van der Waals surface area contributed by atoms with Gasteiger partial charge in [0.2, 0.25) is 0 Å². The van der Waals surface area contributed by atoms with Crippen LogP contribution in [0, 0.1) is 0 Å². The molecule has 0 aromatic rings. The fraction of sp³-hybridized carbons (Fsp3) is 1.00. The summed E-state index contributed by atoms with van der Waals surface area (Å²) in [6.07, 6.45) is 0. The van der Waals surface area contributed by atoms with Crippen LogP contribution in [0.25, 0.3) is 0 Å². The molecule has 116 valence electrons. The van der Waals surface area contributed by atoms with Crippen molar-refractivity contribution in [2.24, 2.45) is 0 Å². The molecule has 2 nitrogen and oxygen atoms in total. The maximum atomic E-state index is 5.94. The molecule has 19 heavy (non-hydrogen) atoms. The Balaban J connectivity index is 3.69. The first-order valence-electron chi connectivity index (χ1n) is 7.69. The highest BCUT2D eigenvalue weighted by Gasteiger charge is 2.21. The van der Waals surface area contributed by atoms with E-state index in [2.05, 4.69) is 54.6 Å². The SMILES string of the molecule is CC(C)(C)O[SiH2]CC[Si](C)(C)CC[SiH2]OC(C)(C)C. The lowest BCUT2D eigenvalue weighted by atomic mass is 10.2. The van der Waals surface area contributed by atoms with Crippen molar-refractivity contribution < 1.29 is 8.85 Å². The molecule has 0 N–H and O–H groups in total. The third kappa shape index (κ3) is 14.8. The summed E-state index contributed by atoms with van der Waals surface area (Å²) < 4.78 is 11.9. The lowest BCUT2D eigenvalue weighted by Crippen LogP contribution is -2.29. The predicted molar refractivity (Wildman–Crippen MR) is 95.5 cm³/mol. The van der Waals surface area contributed by atoms with E-state index in [4.69, 9.17) is 8.85 Å². The summed E-state index contributed by atoms with van der Waals surface area (Å²) >= 11 is 0. The van der Waals surface area contributed by atoms with Crippen LogP contribution in [0.3, 0.4) is 0 Å². The van der Waals surface area contributed by atoms with Gasteiger partial charge in [-0.1, -0.05) is 25.2 Å². The molecule has 0 aliphatic carbocycles. The maximum absolute atomic E-state index is 5.94. The first-order valence-corrected chi connectivity index (χ1v) is 14.3. The Morgan fingerprint density at radius 1 is 0.737 bits per heavy atom. The monoisotopic (exact) mass is 320 g/mol. The summed E-state index contributed by atoms with van der Waals surface area (Å²) in [4.78, 5) is 0. The van der Waals surface area contributed by atoms with Crippen LogP contribution in [0.5, 0.6) is 0 Å². The molecule has 0 amide bonds. The molecule has 5 heteroatoms. The average molecular weight is 321 g/mol. The third-order valence-corrected chi connectivity index (χ3v) is 11.3. The van der Waals surface area contributed by atoms with Crippen molar-refractivity contribution in [3.63, 3.8) is 0 Å². The average Bonchev–Trinajstić information content (AvgIpc) is 2.17. The number of hydrogen-bond acceptors (Lipinski definition) is 2. The van der Waals surface area contributed by atoms with Crippen molar-refractivity contribution in [2.75, 3.05) is 0 Å². The van der Waals surface area contributed by atoms with Gasteiger partial charge in [0.15, 0.2) is 19.5 Å². The van der Waals surface area contributed by atoms with E-state index in [0.717, 1.165) is 0 Å². The van der Waals surface area contributed by atoms with E-state index < -0.39 is 8.07 Å². The molecular weight excluding hydrogens is 284 g/mol. The van der Waals surface area contributed by atoms with Crippen LogP contribution >= 0.6 is 0 Å². The van der Waals surface area contributed by atoms with E-state index in [1.165, 1.54) is 24.2 Å². The van der Waals surface area contributed by atoms with Crippen LogP contribution in [-0.2, 0) is 8.85 Å². The fourth-order valence-electron chi connectivity index (χ4n) is 1.98. The van der Waals surface area contributed by atoms with E-state index in [0.29, 0.717) is 0 Å². The van der Waals surface area contributed by atoms with Gasteiger partial charge in [-0.2, -0.15) is 0 Å². The maximum Gasteiger partial charge on any atom is 0.162 e. The van der Waals surface area contributed by atoms with Gasteiger partial charge in [0.1, 0.15) is 0 Å². The second-order valence-electron chi connectivity index (χ2n) is 8.29. The first kappa shape index (κ1) is 19.6. The van der Waals surface area contributed by atoms with Gasteiger partial charge < -0.3 is 8.85 Å². The van der Waals surface area contributed by atoms with Gasteiger partial charge in [-0.05, 0) is 53.6 Å². The van der Waals surface area contributed by atoms with Gasteiger partial charge in [-0.25, -0.2) is 0 Å². The van der Waals surface area contributed by atoms with Crippen LogP contribution in [-0.4, -0.2) is 38.8 Å². The minimum Gasteiger partial charge on any atom is -0.419 e. The van der Waals surface area contributed by atoms with Gasteiger partial charge in [0.05, 0.1) is 0 Å². The van der Waals surface area contributed by atoms with Crippen LogP contribution < -0.4 is 0 Å². The van der Waals surface area contributed by atoms with Crippen molar-refractivity contribution in [3.8, 4) is 0 Å². The molecule has 0 spiro atoms. The molecule has 0 saturated heterocycles. The zero-order valence-electron chi connectivity index (χ0n) is 14.6. The second kappa shape index (κ2) is 8.12. The van der Waals surface area contributed by atoms with E-state index in [1.807, 2.05) is 0 Å². The van der Waals surface area contributed by atoms with Crippen LogP contribution in [0.4, 0.5) is 0 Å². The lowest BCUT2D eigenvalue weighted by Gasteiger charge is -2.25. The minimum absolute atomic E-state index is 0.0748. The molecule has 0 heterocycles. The van der Waals surface area contributed by atoms with Gasteiger partial charge in [0.25, 0.3) is 0 Å². The van der Waals surface area contributed by atoms with Crippen molar-refractivity contribution >= 4 is 27.6 Å². The molecule has 0 atom stereocenters. The molecule has 0 aromatic heterocycles.